The van der Waals surface area contributed by atoms with Gasteiger partial charge in [0, 0.05) is 7.05 Å². The molecule has 0 bridgehead atoms. The van der Waals surface area contributed by atoms with Crippen LogP contribution in [-0.2, 0) is 0 Å². The predicted molar refractivity (Wildman–Crippen MR) is 75.7 cm³/mol. The average molecular weight is 272 g/mol. The SMILES string of the molecule is CNc1nc(Nc2ccc(C)cc2F)c2cn[nH]c2n1. The van der Waals surface area contributed by atoms with Crippen molar-refractivity contribution in [3.8, 4) is 0 Å². The van der Waals surface area contributed by atoms with Gasteiger partial charge in [-0.25, -0.2) is 4.39 Å². The topological polar surface area (TPSA) is 78.5 Å². The summed E-state index contributed by atoms with van der Waals surface area (Å²) in [4.78, 5) is 8.51. The van der Waals surface area contributed by atoms with E-state index in [1.807, 2.05) is 13.0 Å². The zero-order valence-corrected chi connectivity index (χ0v) is 11.0. The molecule has 20 heavy (non-hydrogen) atoms. The molecule has 0 radical (unpaired) electrons. The van der Waals surface area contributed by atoms with Gasteiger partial charge in [0.15, 0.2) is 5.65 Å². The standard InChI is InChI=1S/C13H13FN6/c1-7-3-4-10(9(14)5-7)17-11-8-6-16-20-12(8)19-13(15-2)18-11/h3-6H,1-2H3,(H3,15,16,17,18,19,20). The first-order chi connectivity index (χ1) is 9.67. The van der Waals surface area contributed by atoms with E-state index in [1.165, 1.54) is 6.07 Å². The molecule has 6 nitrogen and oxygen atoms in total. The van der Waals surface area contributed by atoms with Crippen molar-refractivity contribution in [2.24, 2.45) is 0 Å². The van der Waals surface area contributed by atoms with Crippen LogP contribution < -0.4 is 10.6 Å². The van der Waals surface area contributed by atoms with Crippen LogP contribution in [0.3, 0.4) is 0 Å². The number of anilines is 3. The summed E-state index contributed by atoms with van der Waals surface area (Å²) < 4.78 is 13.9. The van der Waals surface area contributed by atoms with Crippen LogP contribution in [-0.4, -0.2) is 27.2 Å². The van der Waals surface area contributed by atoms with Crippen molar-refractivity contribution < 1.29 is 4.39 Å². The highest BCUT2D eigenvalue weighted by Gasteiger charge is 2.11. The summed E-state index contributed by atoms with van der Waals surface area (Å²) in [5.41, 5.74) is 1.80. The molecular weight excluding hydrogens is 259 g/mol. The maximum absolute atomic E-state index is 13.9. The van der Waals surface area contributed by atoms with E-state index in [4.69, 9.17) is 0 Å². The Balaban J connectivity index is 2.07. The molecule has 2 aromatic heterocycles. The van der Waals surface area contributed by atoms with Crippen LogP contribution in [0.1, 0.15) is 5.56 Å². The minimum Gasteiger partial charge on any atom is -0.357 e. The number of aryl methyl sites for hydroxylation is 1. The minimum atomic E-state index is -0.328. The van der Waals surface area contributed by atoms with Crippen LogP contribution >= 0.6 is 0 Å². The Bertz CT molecular complexity index is 767. The Morgan fingerprint density at radius 2 is 2.10 bits per heavy atom. The number of nitrogens with zero attached hydrogens (tertiary/aromatic N) is 3. The summed E-state index contributed by atoms with van der Waals surface area (Å²) in [6.07, 6.45) is 1.60. The Morgan fingerprint density at radius 1 is 1.25 bits per heavy atom. The zero-order valence-electron chi connectivity index (χ0n) is 11.0. The lowest BCUT2D eigenvalue weighted by Gasteiger charge is -2.09. The van der Waals surface area contributed by atoms with Crippen molar-refractivity contribution in [2.45, 2.75) is 6.92 Å². The summed E-state index contributed by atoms with van der Waals surface area (Å²) in [5, 5.41) is 13.2. The molecular formula is C13H13FN6. The first-order valence-electron chi connectivity index (χ1n) is 6.09. The van der Waals surface area contributed by atoms with E-state index in [0.717, 1.165) is 5.56 Å². The van der Waals surface area contributed by atoms with Crippen LogP contribution in [0.5, 0.6) is 0 Å². The number of benzene rings is 1. The molecule has 0 atom stereocenters. The monoisotopic (exact) mass is 272 g/mol. The lowest BCUT2D eigenvalue weighted by atomic mass is 10.2. The highest BCUT2D eigenvalue weighted by molar-refractivity contribution is 5.89. The number of hydrogen-bond acceptors (Lipinski definition) is 5. The van der Waals surface area contributed by atoms with Crippen LogP contribution in [0.2, 0.25) is 0 Å². The lowest BCUT2D eigenvalue weighted by molar-refractivity contribution is 0.630. The van der Waals surface area contributed by atoms with E-state index in [9.17, 15) is 4.39 Å². The predicted octanol–water partition coefficient (Wildman–Crippen LogP) is 2.59. The van der Waals surface area contributed by atoms with Crippen molar-refractivity contribution >= 4 is 28.5 Å². The molecule has 3 aromatic rings. The van der Waals surface area contributed by atoms with Crippen molar-refractivity contribution in [1.82, 2.24) is 20.2 Å². The van der Waals surface area contributed by atoms with Gasteiger partial charge in [0.1, 0.15) is 11.6 Å². The third-order valence-corrected chi connectivity index (χ3v) is 2.91. The number of rotatable bonds is 3. The Kier molecular flexibility index (Phi) is 2.94. The fourth-order valence-electron chi connectivity index (χ4n) is 1.89. The van der Waals surface area contributed by atoms with E-state index in [-0.39, 0.29) is 5.82 Å². The molecule has 0 aliphatic carbocycles. The van der Waals surface area contributed by atoms with Gasteiger partial charge < -0.3 is 10.6 Å². The summed E-state index contributed by atoms with van der Waals surface area (Å²) in [5.74, 6) is 0.596. The molecule has 3 rings (SSSR count). The Hall–Kier alpha value is -2.70. The van der Waals surface area contributed by atoms with E-state index < -0.39 is 0 Å². The maximum Gasteiger partial charge on any atom is 0.226 e. The van der Waals surface area contributed by atoms with Crippen molar-refractivity contribution in [2.75, 3.05) is 17.7 Å². The molecule has 3 N–H and O–H groups in total. The number of aromatic nitrogens is 4. The van der Waals surface area contributed by atoms with Gasteiger partial charge in [0.05, 0.1) is 17.3 Å². The minimum absolute atomic E-state index is 0.328. The van der Waals surface area contributed by atoms with Gasteiger partial charge in [-0.3, -0.25) is 5.10 Å². The average Bonchev–Trinajstić information content (AvgIpc) is 2.90. The Labute approximate surface area is 114 Å². The number of fused-ring (bicyclic) bond motifs is 1. The highest BCUT2D eigenvalue weighted by Crippen LogP contribution is 2.25. The maximum atomic E-state index is 13.9. The van der Waals surface area contributed by atoms with E-state index in [2.05, 4.69) is 30.8 Å². The largest absolute Gasteiger partial charge is 0.357 e. The van der Waals surface area contributed by atoms with Gasteiger partial charge in [-0.2, -0.15) is 15.1 Å². The van der Waals surface area contributed by atoms with Crippen LogP contribution in [0.4, 0.5) is 21.8 Å². The van der Waals surface area contributed by atoms with Crippen molar-refractivity contribution in [1.29, 1.82) is 0 Å². The van der Waals surface area contributed by atoms with Crippen molar-refractivity contribution in [3.63, 3.8) is 0 Å². The van der Waals surface area contributed by atoms with Crippen molar-refractivity contribution in [3.05, 3.63) is 35.8 Å². The number of hydrogen-bond donors (Lipinski definition) is 3. The second kappa shape index (κ2) is 4.76. The molecule has 7 heteroatoms. The highest BCUT2D eigenvalue weighted by atomic mass is 19.1. The molecule has 0 spiro atoms. The molecule has 102 valence electrons. The molecule has 0 aliphatic rings. The molecule has 0 amide bonds. The molecule has 1 aromatic carbocycles. The summed E-state index contributed by atoms with van der Waals surface area (Å²) in [7, 11) is 1.72. The first kappa shape index (κ1) is 12.3. The molecule has 2 heterocycles. The van der Waals surface area contributed by atoms with Crippen LogP contribution in [0.15, 0.2) is 24.4 Å². The summed E-state index contributed by atoms with van der Waals surface area (Å²) in [6.45, 7) is 1.84. The molecule has 0 saturated carbocycles. The normalized spacial score (nSPS) is 10.8. The van der Waals surface area contributed by atoms with E-state index in [1.54, 1.807) is 19.3 Å². The van der Waals surface area contributed by atoms with Crippen LogP contribution in [0, 0.1) is 12.7 Å². The second-order valence-electron chi connectivity index (χ2n) is 4.39. The third kappa shape index (κ3) is 2.13. The van der Waals surface area contributed by atoms with Gasteiger partial charge in [-0.05, 0) is 24.6 Å². The van der Waals surface area contributed by atoms with Gasteiger partial charge in [0.2, 0.25) is 5.95 Å². The molecule has 0 fully saturated rings. The number of H-pyrrole nitrogens is 1. The quantitative estimate of drug-likeness (QED) is 0.683. The number of halogens is 1. The van der Waals surface area contributed by atoms with E-state index >= 15 is 0 Å². The number of nitrogens with one attached hydrogen (secondary N) is 3. The molecule has 0 aliphatic heterocycles. The zero-order chi connectivity index (χ0) is 14.1. The van der Waals surface area contributed by atoms with Crippen LogP contribution in [0.25, 0.3) is 11.0 Å². The summed E-state index contributed by atoms with van der Waals surface area (Å²) >= 11 is 0. The Morgan fingerprint density at radius 3 is 2.85 bits per heavy atom. The summed E-state index contributed by atoms with van der Waals surface area (Å²) in [6, 6.07) is 4.98. The second-order valence-corrected chi connectivity index (χ2v) is 4.39. The van der Waals surface area contributed by atoms with E-state index in [0.29, 0.717) is 28.5 Å². The molecule has 0 unspecified atom stereocenters. The smallest absolute Gasteiger partial charge is 0.226 e. The van der Waals surface area contributed by atoms with Gasteiger partial charge in [-0.1, -0.05) is 6.07 Å². The number of aromatic amines is 1. The third-order valence-electron chi connectivity index (χ3n) is 2.91. The fraction of sp³-hybridized carbons (Fsp3) is 0.154. The lowest BCUT2D eigenvalue weighted by Crippen LogP contribution is -2.02. The first-order valence-corrected chi connectivity index (χ1v) is 6.09. The van der Waals surface area contributed by atoms with Gasteiger partial charge in [0.25, 0.3) is 0 Å². The fourth-order valence-corrected chi connectivity index (χ4v) is 1.89. The van der Waals surface area contributed by atoms with Gasteiger partial charge >= 0.3 is 0 Å². The molecule has 0 saturated heterocycles. The van der Waals surface area contributed by atoms with Gasteiger partial charge in [-0.15, -0.1) is 0 Å².